The van der Waals surface area contributed by atoms with Gasteiger partial charge in [-0.1, -0.05) is 43.2 Å². The van der Waals surface area contributed by atoms with E-state index in [0.29, 0.717) is 11.6 Å². The van der Waals surface area contributed by atoms with Crippen molar-refractivity contribution in [3.63, 3.8) is 0 Å². The normalized spacial score (nSPS) is 14.3. The predicted molar refractivity (Wildman–Crippen MR) is 109 cm³/mol. The third-order valence-corrected chi connectivity index (χ3v) is 5.29. The zero-order valence-electron chi connectivity index (χ0n) is 15.5. The summed E-state index contributed by atoms with van der Waals surface area (Å²) in [5, 5.41) is 12.4. The van der Waals surface area contributed by atoms with Crippen molar-refractivity contribution in [3.05, 3.63) is 40.9 Å². The van der Waals surface area contributed by atoms with Gasteiger partial charge < -0.3 is 4.90 Å². The Balaban J connectivity index is 1.51. The molecule has 0 atom stereocenters. The number of benzene rings is 1. The molecule has 142 valence electrons. The summed E-state index contributed by atoms with van der Waals surface area (Å²) in [5.41, 5.74) is 1.81. The quantitative estimate of drug-likeness (QED) is 0.550. The van der Waals surface area contributed by atoms with Crippen LogP contribution >= 0.6 is 11.3 Å². The SMILES string of the molecule is CCCCCc1nnc(NC(=O)/C=C/c2ccc(N3CCCC3=O)cc2)s1. The molecule has 1 aliphatic heterocycles. The lowest BCUT2D eigenvalue weighted by Crippen LogP contribution is -2.23. The van der Waals surface area contributed by atoms with Crippen LogP contribution in [0.15, 0.2) is 30.3 Å². The van der Waals surface area contributed by atoms with Gasteiger partial charge in [0.05, 0.1) is 0 Å². The zero-order valence-corrected chi connectivity index (χ0v) is 16.3. The molecule has 0 spiro atoms. The first-order chi connectivity index (χ1) is 13.2. The number of carbonyl (C=O) groups excluding carboxylic acids is 2. The number of hydrogen-bond donors (Lipinski definition) is 1. The fourth-order valence-corrected chi connectivity index (χ4v) is 3.72. The topological polar surface area (TPSA) is 75.2 Å². The summed E-state index contributed by atoms with van der Waals surface area (Å²) >= 11 is 1.42. The number of aryl methyl sites for hydroxylation is 1. The molecule has 1 aromatic carbocycles. The standard InChI is InChI=1S/C20H24N4O2S/c1-2-3-4-6-18-22-23-20(27-18)21-17(25)13-10-15-8-11-16(12-9-15)24-14-5-7-19(24)26/h8-13H,2-7,14H2,1H3,(H,21,23,25)/b13-10+. The van der Waals surface area contributed by atoms with Crippen LogP contribution in [0.1, 0.15) is 49.6 Å². The molecule has 1 saturated heterocycles. The smallest absolute Gasteiger partial charge is 0.250 e. The van der Waals surface area contributed by atoms with Crippen LogP contribution in [0.5, 0.6) is 0 Å². The van der Waals surface area contributed by atoms with E-state index in [-0.39, 0.29) is 11.8 Å². The van der Waals surface area contributed by atoms with Crippen molar-refractivity contribution < 1.29 is 9.59 Å². The molecule has 27 heavy (non-hydrogen) atoms. The second kappa shape index (κ2) is 9.41. The number of unbranched alkanes of at least 4 members (excludes halogenated alkanes) is 2. The van der Waals surface area contributed by atoms with E-state index in [9.17, 15) is 9.59 Å². The molecule has 2 aromatic rings. The molecule has 1 aromatic heterocycles. The Bertz CT molecular complexity index is 814. The van der Waals surface area contributed by atoms with Gasteiger partial charge in [-0.15, -0.1) is 10.2 Å². The summed E-state index contributed by atoms with van der Waals surface area (Å²) in [6.45, 7) is 2.94. The molecular formula is C20H24N4O2S. The average molecular weight is 385 g/mol. The summed E-state index contributed by atoms with van der Waals surface area (Å²) in [5.74, 6) is -0.0613. The first kappa shape index (κ1) is 19.2. The highest BCUT2D eigenvalue weighted by atomic mass is 32.1. The molecule has 7 heteroatoms. The van der Waals surface area contributed by atoms with E-state index in [1.165, 1.54) is 30.3 Å². The van der Waals surface area contributed by atoms with Crippen molar-refractivity contribution in [1.82, 2.24) is 10.2 Å². The Morgan fingerprint density at radius 1 is 1.26 bits per heavy atom. The number of aromatic nitrogens is 2. The maximum Gasteiger partial charge on any atom is 0.250 e. The summed E-state index contributed by atoms with van der Waals surface area (Å²) in [6, 6.07) is 7.63. The van der Waals surface area contributed by atoms with Crippen LogP contribution in [0.25, 0.3) is 6.08 Å². The van der Waals surface area contributed by atoms with Gasteiger partial charge in [0, 0.05) is 31.1 Å². The highest BCUT2D eigenvalue weighted by Crippen LogP contribution is 2.22. The van der Waals surface area contributed by atoms with Gasteiger partial charge in [0.25, 0.3) is 0 Å². The molecule has 1 N–H and O–H groups in total. The van der Waals surface area contributed by atoms with Crippen LogP contribution in [-0.2, 0) is 16.0 Å². The van der Waals surface area contributed by atoms with Crippen molar-refractivity contribution >= 4 is 40.0 Å². The molecule has 0 saturated carbocycles. The van der Waals surface area contributed by atoms with E-state index < -0.39 is 0 Å². The number of hydrogen-bond acceptors (Lipinski definition) is 5. The first-order valence-electron chi connectivity index (χ1n) is 9.37. The molecule has 1 fully saturated rings. The van der Waals surface area contributed by atoms with Gasteiger partial charge in [0.1, 0.15) is 5.01 Å². The Morgan fingerprint density at radius 2 is 2.07 bits per heavy atom. The highest BCUT2D eigenvalue weighted by molar-refractivity contribution is 7.15. The molecule has 2 heterocycles. The molecule has 3 rings (SSSR count). The Labute approximate surface area is 163 Å². The number of amides is 2. The van der Waals surface area contributed by atoms with Crippen molar-refractivity contribution in [2.45, 2.75) is 45.4 Å². The minimum Gasteiger partial charge on any atom is -0.312 e. The molecule has 0 bridgehead atoms. The van der Waals surface area contributed by atoms with E-state index in [2.05, 4.69) is 22.4 Å². The monoisotopic (exact) mass is 384 g/mol. The predicted octanol–water partition coefficient (Wildman–Crippen LogP) is 4.05. The minimum atomic E-state index is -0.231. The number of rotatable bonds is 8. The second-order valence-corrected chi connectivity index (χ2v) is 7.58. The van der Waals surface area contributed by atoms with Crippen LogP contribution < -0.4 is 10.2 Å². The van der Waals surface area contributed by atoms with Crippen molar-refractivity contribution in [3.8, 4) is 0 Å². The molecule has 2 amide bonds. The van der Waals surface area contributed by atoms with Gasteiger partial charge in [-0.25, -0.2) is 0 Å². The largest absolute Gasteiger partial charge is 0.312 e. The fourth-order valence-electron chi connectivity index (χ4n) is 2.94. The lowest BCUT2D eigenvalue weighted by molar-refractivity contribution is -0.117. The van der Waals surface area contributed by atoms with Crippen molar-refractivity contribution in [1.29, 1.82) is 0 Å². The number of carbonyl (C=O) groups is 2. The van der Waals surface area contributed by atoms with Crippen LogP contribution in [0.2, 0.25) is 0 Å². The van der Waals surface area contributed by atoms with E-state index in [4.69, 9.17) is 0 Å². The van der Waals surface area contributed by atoms with E-state index in [1.54, 1.807) is 11.0 Å². The van der Waals surface area contributed by atoms with Crippen LogP contribution in [0, 0.1) is 0 Å². The molecular weight excluding hydrogens is 360 g/mol. The highest BCUT2D eigenvalue weighted by Gasteiger charge is 2.21. The number of nitrogens with one attached hydrogen (secondary N) is 1. The zero-order chi connectivity index (χ0) is 19.1. The third-order valence-electron chi connectivity index (χ3n) is 4.40. The lowest BCUT2D eigenvalue weighted by Gasteiger charge is -2.15. The Hall–Kier alpha value is -2.54. The van der Waals surface area contributed by atoms with E-state index in [1.807, 2.05) is 24.3 Å². The maximum absolute atomic E-state index is 12.1. The van der Waals surface area contributed by atoms with Gasteiger partial charge in [0.15, 0.2) is 0 Å². The van der Waals surface area contributed by atoms with Crippen molar-refractivity contribution in [2.75, 3.05) is 16.8 Å². The molecule has 0 aliphatic carbocycles. The average Bonchev–Trinajstić information content (AvgIpc) is 3.29. The third kappa shape index (κ3) is 5.47. The van der Waals surface area contributed by atoms with Crippen LogP contribution in [-0.4, -0.2) is 28.6 Å². The number of anilines is 2. The summed E-state index contributed by atoms with van der Waals surface area (Å²) < 4.78 is 0. The van der Waals surface area contributed by atoms with Crippen LogP contribution in [0.3, 0.4) is 0 Å². The molecule has 1 aliphatic rings. The van der Waals surface area contributed by atoms with Gasteiger partial charge in [-0.3, -0.25) is 14.9 Å². The summed E-state index contributed by atoms with van der Waals surface area (Å²) in [6.07, 6.45) is 9.10. The number of nitrogens with zero attached hydrogens (tertiary/aromatic N) is 3. The summed E-state index contributed by atoms with van der Waals surface area (Å²) in [4.78, 5) is 25.6. The maximum atomic E-state index is 12.1. The minimum absolute atomic E-state index is 0.170. The van der Waals surface area contributed by atoms with Gasteiger partial charge in [-0.2, -0.15) is 0 Å². The van der Waals surface area contributed by atoms with Gasteiger partial charge in [0.2, 0.25) is 16.9 Å². The van der Waals surface area contributed by atoms with Crippen molar-refractivity contribution in [2.24, 2.45) is 0 Å². The first-order valence-corrected chi connectivity index (χ1v) is 10.2. The molecule has 0 unspecified atom stereocenters. The van der Waals surface area contributed by atoms with Gasteiger partial charge in [-0.05, 0) is 36.6 Å². The molecule has 6 nitrogen and oxygen atoms in total. The fraction of sp³-hybridized carbons (Fsp3) is 0.400. The summed E-state index contributed by atoms with van der Waals surface area (Å²) in [7, 11) is 0. The Kier molecular flexibility index (Phi) is 6.70. The Morgan fingerprint density at radius 3 is 2.78 bits per heavy atom. The second-order valence-electron chi connectivity index (χ2n) is 6.52. The van der Waals surface area contributed by atoms with E-state index in [0.717, 1.165) is 42.1 Å². The van der Waals surface area contributed by atoms with Gasteiger partial charge >= 0.3 is 0 Å². The molecule has 0 radical (unpaired) electrons. The lowest BCUT2D eigenvalue weighted by atomic mass is 10.2. The van der Waals surface area contributed by atoms with Crippen LogP contribution in [0.4, 0.5) is 10.8 Å². The van der Waals surface area contributed by atoms with E-state index >= 15 is 0 Å².